The van der Waals surface area contributed by atoms with Gasteiger partial charge in [-0.05, 0) is 43.0 Å². The van der Waals surface area contributed by atoms with Gasteiger partial charge >= 0.3 is 0 Å². The summed E-state index contributed by atoms with van der Waals surface area (Å²) in [6.45, 7) is 8.90. The van der Waals surface area contributed by atoms with Crippen molar-refractivity contribution in [3.8, 4) is 11.4 Å². The SMILES string of the molecule is C[C@H]1CCCN(c2ccc(-c3noc(CN4CCN(c5ccccn5)CC4)n3)cn2)C1. The molecule has 0 aromatic carbocycles. The van der Waals surface area contributed by atoms with Crippen LogP contribution < -0.4 is 9.80 Å². The first kappa shape index (κ1) is 19.9. The summed E-state index contributed by atoms with van der Waals surface area (Å²) in [5, 5.41) is 4.18. The Hall–Kier alpha value is -3.00. The molecule has 0 bridgehead atoms. The van der Waals surface area contributed by atoms with Crippen molar-refractivity contribution in [3.63, 3.8) is 0 Å². The van der Waals surface area contributed by atoms with Gasteiger partial charge in [-0.1, -0.05) is 18.1 Å². The lowest BCUT2D eigenvalue weighted by Gasteiger charge is -2.34. The van der Waals surface area contributed by atoms with Gasteiger partial charge in [0.1, 0.15) is 11.6 Å². The molecule has 0 aliphatic carbocycles. The molecule has 31 heavy (non-hydrogen) atoms. The minimum atomic E-state index is 0.605. The van der Waals surface area contributed by atoms with Gasteiger partial charge < -0.3 is 14.3 Å². The van der Waals surface area contributed by atoms with E-state index >= 15 is 0 Å². The van der Waals surface area contributed by atoms with Crippen molar-refractivity contribution in [2.75, 3.05) is 49.1 Å². The number of hydrogen-bond acceptors (Lipinski definition) is 8. The molecular weight excluding hydrogens is 390 g/mol. The largest absolute Gasteiger partial charge is 0.356 e. The van der Waals surface area contributed by atoms with E-state index in [9.17, 15) is 0 Å². The molecular formula is C23H29N7O. The van der Waals surface area contributed by atoms with Crippen molar-refractivity contribution in [2.24, 2.45) is 5.92 Å². The molecule has 3 aromatic heterocycles. The van der Waals surface area contributed by atoms with Gasteiger partial charge in [0.15, 0.2) is 0 Å². The van der Waals surface area contributed by atoms with Gasteiger partial charge in [-0.15, -0.1) is 0 Å². The van der Waals surface area contributed by atoms with Crippen LogP contribution in [0.2, 0.25) is 0 Å². The van der Waals surface area contributed by atoms with E-state index in [2.05, 4.69) is 53.9 Å². The molecule has 5 rings (SSSR count). The Bertz CT molecular complexity index is 967. The summed E-state index contributed by atoms with van der Waals surface area (Å²) < 4.78 is 5.53. The Labute approximate surface area is 182 Å². The lowest BCUT2D eigenvalue weighted by molar-refractivity contribution is 0.215. The van der Waals surface area contributed by atoms with Crippen LogP contribution in [0.4, 0.5) is 11.6 Å². The molecule has 2 saturated heterocycles. The maximum absolute atomic E-state index is 5.53. The number of pyridine rings is 2. The molecule has 0 N–H and O–H groups in total. The molecule has 2 aliphatic heterocycles. The first-order chi connectivity index (χ1) is 15.2. The summed E-state index contributed by atoms with van der Waals surface area (Å²) >= 11 is 0. The topological polar surface area (TPSA) is 74.4 Å². The van der Waals surface area contributed by atoms with Crippen LogP contribution in [0.1, 0.15) is 25.7 Å². The highest BCUT2D eigenvalue weighted by atomic mass is 16.5. The minimum absolute atomic E-state index is 0.605. The monoisotopic (exact) mass is 419 g/mol. The molecule has 0 amide bonds. The number of piperidine rings is 1. The zero-order chi connectivity index (χ0) is 21.0. The van der Waals surface area contributed by atoms with Crippen molar-refractivity contribution in [1.82, 2.24) is 25.0 Å². The van der Waals surface area contributed by atoms with Gasteiger partial charge in [-0.2, -0.15) is 4.98 Å². The Kier molecular flexibility index (Phi) is 5.80. The maximum Gasteiger partial charge on any atom is 0.241 e. The molecule has 3 aromatic rings. The summed E-state index contributed by atoms with van der Waals surface area (Å²) in [7, 11) is 0. The number of hydrogen-bond donors (Lipinski definition) is 0. The third-order valence-electron chi connectivity index (χ3n) is 6.16. The molecule has 0 spiro atoms. The number of nitrogens with zero attached hydrogens (tertiary/aromatic N) is 7. The zero-order valence-corrected chi connectivity index (χ0v) is 18.0. The van der Waals surface area contributed by atoms with E-state index in [4.69, 9.17) is 4.52 Å². The lowest BCUT2D eigenvalue weighted by Crippen LogP contribution is -2.46. The number of rotatable bonds is 5. The molecule has 5 heterocycles. The quantitative estimate of drug-likeness (QED) is 0.625. The molecule has 0 unspecified atom stereocenters. The first-order valence-electron chi connectivity index (χ1n) is 11.2. The molecule has 2 aliphatic rings. The predicted octanol–water partition coefficient (Wildman–Crippen LogP) is 3.09. The van der Waals surface area contributed by atoms with Gasteiger partial charge in [-0.25, -0.2) is 9.97 Å². The van der Waals surface area contributed by atoms with Gasteiger partial charge in [-0.3, -0.25) is 4.90 Å². The molecule has 0 radical (unpaired) electrons. The van der Waals surface area contributed by atoms with E-state index in [1.54, 1.807) is 0 Å². The Balaban J connectivity index is 1.17. The van der Waals surface area contributed by atoms with Crippen LogP contribution in [0, 0.1) is 5.92 Å². The van der Waals surface area contributed by atoms with Gasteiger partial charge in [0.2, 0.25) is 11.7 Å². The second-order valence-corrected chi connectivity index (χ2v) is 8.56. The van der Waals surface area contributed by atoms with Crippen molar-refractivity contribution >= 4 is 11.6 Å². The smallest absolute Gasteiger partial charge is 0.241 e. The van der Waals surface area contributed by atoms with E-state index in [-0.39, 0.29) is 0 Å². The van der Waals surface area contributed by atoms with Gasteiger partial charge in [0.05, 0.1) is 6.54 Å². The molecule has 0 saturated carbocycles. The summed E-state index contributed by atoms with van der Waals surface area (Å²) in [5.41, 5.74) is 0.892. The first-order valence-corrected chi connectivity index (χ1v) is 11.2. The van der Waals surface area contributed by atoms with Crippen LogP contribution in [-0.4, -0.2) is 64.3 Å². The third kappa shape index (κ3) is 4.69. The van der Waals surface area contributed by atoms with E-state index < -0.39 is 0 Å². The molecule has 1 atom stereocenters. The normalized spacial score (nSPS) is 20.2. The van der Waals surface area contributed by atoms with Crippen LogP contribution in [-0.2, 0) is 6.54 Å². The van der Waals surface area contributed by atoms with Crippen LogP contribution >= 0.6 is 0 Å². The maximum atomic E-state index is 5.53. The van der Waals surface area contributed by atoms with Gasteiger partial charge in [0.25, 0.3) is 0 Å². The van der Waals surface area contributed by atoms with E-state index in [0.717, 1.165) is 62.4 Å². The average molecular weight is 420 g/mol. The highest BCUT2D eigenvalue weighted by molar-refractivity contribution is 5.56. The zero-order valence-electron chi connectivity index (χ0n) is 18.0. The summed E-state index contributed by atoms with van der Waals surface area (Å²) in [5.74, 6) is 4.05. The van der Waals surface area contributed by atoms with Crippen LogP contribution in [0.15, 0.2) is 47.2 Å². The predicted molar refractivity (Wildman–Crippen MR) is 120 cm³/mol. The lowest BCUT2D eigenvalue weighted by atomic mass is 10.0. The molecule has 2 fully saturated rings. The number of piperazine rings is 1. The third-order valence-corrected chi connectivity index (χ3v) is 6.16. The van der Waals surface area contributed by atoms with Crippen LogP contribution in [0.3, 0.4) is 0 Å². The van der Waals surface area contributed by atoms with Crippen molar-refractivity contribution in [1.29, 1.82) is 0 Å². The number of aromatic nitrogens is 4. The molecule has 8 nitrogen and oxygen atoms in total. The standard InChI is InChI=1S/C23H29N7O/c1-18-5-4-10-30(16-18)21-8-7-19(15-25-21)23-26-22(31-27-23)17-28-11-13-29(14-12-28)20-6-2-3-9-24-20/h2-3,6-9,15,18H,4-5,10-14,16-17H2,1H3/t18-/m0/s1. The fourth-order valence-corrected chi connectivity index (χ4v) is 4.41. The average Bonchev–Trinajstić information content (AvgIpc) is 3.29. The minimum Gasteiger partial charge on any atom is -0.356 e. The number of anilines is 2. The Morgan fingerprint density at radius 1 is 0.968 bits per heavy atom. The second-order valence-electron chi connectivity index (χ2n) is 8.56. The van der Waals surface area contributed by atoms with Crippen LogP contribution in [0.5, 0.6) is 0 Å². The Morgan fingerprint density at radius 3 is 2.58 bits per heavy atom. The molecule has 8 heteroatoms. The highest BCUT2D eigenvalue weighted by Crippen LogP contribution is 2.23. The Morgan fingerprint density at radius 2 is 1.84 bits per heavy atom. The van der Waals surface area contributed by atoms with Crippen LogP contribution in [0.25, 0.3) is 11.4 Å². The fourth-order valence-electron chi connectivity index (χ4n) is 4.41. The summed E-state index contributed by atoms with van der Waals surface area (Å²) in [4.78, 5) is 20.7. The second kappa shape index (κ2) is 9.01. The van der Waals surface area contributed by atoms with E-state index in [1.165, 1.54) is 12.8 Å². The fraction of sp³-hybridized carbons (Fsp3) is 0.478. The summed E-state index contributed by atoms with van der Waals surface area (Å²) in [6, 6.07) is 10.2. The molecule has 162 valence electrons. The van der Waals surface area contributed by atoms with Crippen molar-refractivity contribution < 1.29 is 4.52 Å². The van der Waals surface area contributed by atoms with Gasteiger partial charge in [0, 0.05) is 57.2 Å². The summed E-state index contributed by atoms with van der Waals surface area (Å²) in [6.07, 6.45) is 6.23. The van der Waals surface area contributed by atoms with E-state index in [0.29, 0.717) is 18.3 Å². The van der Waals surface area contributed by atoms with Crippen molar-refractivity contribution in [3.05, 3.63) is 48.6 Å². The van der Waals surface area contributed by atoms with Crippen molar-refractivity contribution in [2.45, 2.75) is 26.3 Å². The van der Waals surface area contributed by atoms with E-state index in [1.807, 2.05) is 30.6 Å². The highest BCUT2D eigenvalue weighted by Gasteiger charge is 2.21.